The van der Waals surface area contributed by atoms with E-state index in [-0.39, 0.29) is 18.5 Å². The molecular formula is C60H106N2O7. The summed E-state index contributed by atoms with van der Waals surface area (Å²) < 4.78 is 31.1. The Bertz CT molecular complexity index is 1490. The van der Waals surface area contributed by atoms with Gasteiger partial charge in [0.1, 0.15) is 18.1 Å². The van der Waals surface area contributed by atoms with Gasteiger partial charge in [0.25, 0.3) is 0 Å². The van der Waals surface area contributed by atoms with E-state index in [2.05, 4.69) is 57.3 Å². The van der Waals surface area contributed by atoms with Crippen molar-refractivity contribution in [2.24, 2.45) is 0 Å². The van der Waals surface area contributed by atoms with Crippen molar-refractivity contribution in [1.82, 2.24) is 9.80 Å². The van der Waals surface area contributed by atoms with E-state index in [1.807, 2.05) is 12.1 Å². The molecule has 9 heteroatoms. The Labute approximate surface area is 424 Å². The maximum atomic E-state index is 14.1. The molecule has 0 aromatic heterocycles. The van der Waals surface area contributed by atoms with Crippen LogP contribution in [0.1, 0.15) is 251 Å². The zero-order chi connectivity index (χ0) is 50.2. The van der Waals surface area contributed by atoms with E-state index in [9.17, 15) is 9.59 Å². The highest BCUT2D eigenvalue weighted by atomic mass is 16.6. The number of hydrogen-bond acceptors (Lipinski definition) is 9. The lowest BCUT2D eigenvalue weighted by Gasteiger charge is -2.38. The monoisotopic (exact) mass is 967 g/mol. The fourth-order valence-electron chi connectivity index (χ4n) is 9.43. The number of allylic oxidation sites excluding steroid dienone is 3. The second kappa shape index (κ2) is 41.4. The first-order valence-corrected chi connectivity index (χ1v) is 28.7. The second-order valence-electron chi connectivity index (χ2n) is 20.5. The fourth-order valence-corrected chi connectivity index (χ4v) is 9.43. The minimum absolute atomic E-state index is 0.00471. The van der Waals surface area contributed by atoms with Gasteiger partial charge in [0.05, 0.1) is 26.5 Å². The van der Waals surface area contributed by atoms with Crippen molar-refractivity contribution >= 4 is 11.9 Å². The lowest BCUT2D eigenvalue weighted by molar-refractivity contribution is -0.164. The molecule has 69 heavy (non-hydrogen) atoms. The number of unbranched alkanes of at least 4 members (excludes halogenated alkanes) is 24. The molecule has 0 saturated heterocycles. The summed E-state index contributed by atoms with van der Waals surface area (Å²) in [5.41, 5.74) is 3.78. The van der Waals surface area contributed by atoms with Crippen LogP contribution in [0.2, 0.25) is 0 Å². The summed E-state index contributed by atoms with van der Waals surface area (Å²) in [6, 6.07) is 6.00. The number of ether oxygens (including phenoxy) is 5. The van der Waals surface area contributed by atoms with Gasteiger partial charge in [0, 0.05) is 43.1 Å². The van der Waals surface area contributed by atoms with Gasteiger partial charge in [-0.2, -0.15) is 0 Å². The average molecular weight is 968 g/mol. The number of methoxy groups -OCH3 is 2. The molecule has 1 aliphatic carbocycles. The zero-order valence-electron chi connectivity index (χ0n) is 45.9. The summed E-state index contributed by atoms with van der Waals surface area (Å²) in [5.74, 6) is 1.69. The van der Waals surface area contributed by atoms with Gasteiger partial charge in [-0.15, -0.1) is 0 Å². The van der Waals surface area contributed by atoms with E-state index in [0.717, 1.165) is 101 Å². The first kappa shape index (κ1) is 61.9. The number of benzene rings is 1. The lowest BCUT2D eigenvalue weighted by Crippen LogP contribution is -2.45. The van der Waals surface area contributed by atoms with Crippen molar-refractivity contribution < 1.29 is 33.3 Å². The minimum atomic E-state index is -0.718. The highest BCUT2D eigenvalue weighted by molar-refractivity contribution is 5.70. The molecule has 2 unspecified atom stereocenters. The molecule has 0 bridgehead atoms. The van der Waals surface area contributed by atoms with Crippen LogP contribution in [0, 0.1) is 0 Å². The SMILES string of the molecule is C=C(CCCCCCCCCCC)OC(COC(=O)CCCCCCCCCCC)C(CN(Cc1ccc(OC)cc1OC)C(CCCN(C)C)=C1CCC1)OC(=O)CCCCCCCCCCC. The van der Waals surface area contributed by atoms with Crippen LogP contribution in [0.15, 0.2) is 41.8 Å². The molecule has 0 radical (unpaired) electrons. The molecule has 2 rings (SSSR count). The highest BCUT2D eigenvalue weighted by Gasteiger charge is 2.33. The van der Waals surface area contributed by atoms with Crippen molar-refractivity contribution in [3.05, 3.63) is 47.4 Å². The van der Waals surface area contributed by atoms with Crippen molar-refractivity contribution in [2.75, 3.05) is 48.0 Å². The number of rotatable bonds is 47. The summed E-state index contributed by atoms with van der Waals surface area (Å²) >= 11 is 0. The number of esters is 2. The fraction of sp³-hybridized carbons (Fsp3) is 0.800. The van der Waals surface area contributed by atoms with Gasteiger partial charge >= 0.3 is 11.9 Å². The van der Waals surface area contributed by atoms with Crippen molar-refractivity contribution in [3.8, 4) is 11.5 Å². The molecule has 398 valence electrons. The van der Waals surface area contributed by atoms with E-state index < -0.39 is 12.2 Å². The number of nitrogens with zero attached hydrogens (tertiary/aromatic N) is 2. The first-order chi connectivity index (χ1) is 33.6. The summed E-state index contributed by atoms with van der Waals surface area (Å²) in [5, 5.41) is 0. The highest BCUT2D eigenvalue weighted by Crippen LogP contribution is 2.36. The predicted octanol–water partition coefficient (Wildman–Crippen LogP) is 16.4. The average Bonchev–Trinajstić information content (AvgIpc) is 3.32. The van der Waals surface area contributed by atoms with E-state index in [1.54, 1.807) is 14.2 Å². The molecule has 0 aliphatic heterocycles. The van der Waals surface area contributed by atoms with Gasteiger partial charge in [0.15, 0.2) is 12.2 Å². The van der Waals surface area contributed by atoms with Gasteiger partial charge in [-0.25, -0.2) is 0 Å². The van der Waals surface area contributed by atoms with Crippen LogP contribution >= 0.6 is 0 Å². The summed E-state index contributed by atoms with van der Waals surface area (Å²) in [6.45, 7) is 13.1. The third-order valence-electron chi connectivity index (χ3n) is 14.0. The second-order valence-corrected chi connectivity index (χ2v) is 20.5. The molecule has 0 spiro atoms. The van der Waals surface area contributed by atoms with Gasteiger partial charge < -0.3 is 33.5 Å². The van der Waals surface area contributed by atoms with Gasteiger partial charge in [-0.1, -0.05) is 187 Å². The summed E-state index contributed by atoms with van der Waals surface area (Å²) in [4.78, 5) is 32.2. The van der Waals surface area contributed by atoms with Crippen LogP contribution in [0.4, 0.5) is 0 Å². The van der Waals surface area contributed by atoms with Gasteiger partial charge in [-0.05, 0) is 84.1 Å². The molecular weight excluding hydrogens is 861 g/mol. The Kier molecular flexibility index (Phi) is 37.2. The quantitative estimate of drug-likeness (QED) is 0.0360. The Balaban J connectivity index is 2.43. The smallest absolute Gasteiger partial charge is 0.306 e. The van der Waals surface area contributed by atoms with E-state index in [1.165, 1.54) is 140 Å². The molecule has 0 N–H and O–H groups in total. The normalized spacial score (nSPS) is 13.2. The molecule has 1 aromatic rings. The zero-order valence-corrected chi connectivity index (χ0v) is 45.9. The standard InChI is InChI=1S/C60H106N2O7/c1-9-12-15-18-21-24-27-30-33-38-51(4)68-58(50-67-59(63)42-34-31-28-25-22-19-16-13-10-2)57(69-60(64)43-35-32-29-26-23-20-17-14-11-3)49-62(48-53-44-45-54(65-7)47-56(53)66-8)55(52-39-36-40-52)41-37-46-61(5)6/h44-45,47,57-58H,4,9-43,46,48-50H2,1-3,5-8H3. The lowest BCUT2D eigenvalue weighted by atomic mass is 9.88. The summed E-state index contributed by atoms with van der Waals surface area (Å²) in [6.07, 6.45) is 37.5. The molecule has 2 atom stereocenters. The van der Waals surface area contributed by atoms with Crippen LogP contribution in [0.25, 0.3) is 0 Å². The maximum absolute atomic E-state index is 14.1. The maximum Gasteiger partial charge on any atom is 0.306 e. The molecule has 1 saturated carbocycles. The van der Waals surface area contributed by atoms with Crippen LogP contribution in [-0.4, -0.2) is 82.0 Å². The van der Waals surface area contributed by atoms with Crippen LogP contribution in [-0.2, 0) is 30.3 Å². The molecule has 1 aliphatic rings. The molecule has 1 aromatic carbocycles. The number of carbonyl (C=O) groups excluding carboxylic acids is 2. The van der Waals surface area contributed by atoms with Crippen molar-refractivity contribution in [2.45, 2.75) is 264 Å². The molecule has 0 amide bonds. The van der Waals surface area contributed by atoms with E-state index >= 15 is 0 Å². The third-order valence-corrected chi connectivity index (χ3v) is 14.0. The Hall–Kier alpha value is -3.20. The van der Waals surface area contributed by atoms with Gasteiger partial charge in [0.2, 0.25) is 0 Å². The van der Waals surface area contributed by atoms with Crippen LogP contribution < -0.4 is 9.47 Å². The van der Waals surface area contributed by atoms with E-state index in [0.29, 0.717) is 38.1 Å². The number of hydrogen-bond donors (Lipinski definition) is 0. The Morgan fingerprint density at radius 3 is 1.54 bits per heavy atom. The largest absolute Gasteiger partial charge is 0.497 e. The molecule has 0 heterocycles. The third kappa shape index (κ3) is 30.3. The molecule has 9 nitrogen and oxygen atoms in total. The summed E-state index contributed by atoms with van der Waals surface area (Å²) in [7, 11) is 7.62. The van der Waals surface area contributed by atoms with Crippen LogP contribution in [0.5, 0.6) is 11.5 Å². The van der Waals surface area contributed by atoms with Gasteiger partial charge in [-0.3, -0.25) is 9.59 Å². The van der Waals surface area contributed by atoms with Crippen molar-refractivity contribution in [1.29, 1.82) is 0 Å². The van der Waals surface area contributed by atoms with Crippen molar-refractivity contribution in [3.63, 3.8) is 0 Å². The predicted molar refractivity (Wildman–Crippen MR) is 289 cm³/mol. The number of carbonyl (C=O) groups is 2. The topological polar surface area (TPSA) is 86.8 Å². The first-order valence-electron chi connectivity index (χ1n) is 28.7. The Morgan fingerprint density at radius 2 is 1.07 bits per heavy atom. The Morgan fingerprint density at radius 1 is 0.580 bits per heavy atom. The van der Waals surface area contributed by atoms with E-state index in [4.69, 9.17) is 23.7 Å². The van der Waals surface area contributed by atoms with Crippen LogP contribution in [0.3, 0.4) is 0 Å². The molecule has 1 fully saturated rings. The minimum Gasteiger partial charge on any atom is -0.497 e.